The summed E-state index contributed by atoms with van der Waals surface area (Å²) in [6.45, 7) is 0.380. The second kappa shape index (κ2) is 6.45. The number of rotatable bonds is 4. The van der Waals surface area contributed by atoms with Gasteiger partial charge in [-0.05, 0) is 29.8 Å². The van der Waals surface area contributed by atoms with Crippen molar-refractivity contribution in [3.63, 3.8) is 0 Å². The standard InChI is InChI=1S/C21H16ClN3O2/c22-16-9-3-7-14-18-15(21(24)27)8-4-10-17(18)25(19(14)16)11-12-5-1-2-6-13(12)20(23)26/h1-10H,11H2,(H2,23,26)(H2,24,27). The summed E-state index contributed by atoms with van der Waals surface area (Å²) in [6.07, 6.45) is 0. The summed E-state index contributed by atoms with van der Waals surface area (Å²) < 4.78 is 1.99. The van der Waals surface area contributed by atoms with Crippen LogP contribution in [0.15, 0.2) is 60.7 Å². The van der Waals surface area contributed by atoms with E-state index in [0.717, 1.165) is 27.4 Å². The average molecular weight is 378 g/mol. The van der Waals surface area contributed by atoms with Crippen LogP contribution in [0.5, 0.6) is 0 Å². The van der Waals surface area contributed by atoms with Crippen LogP contribution in [0.1, 0.15) is 26.3 Å². The number of nitrogens with zero attached hydrogens (tertiary/aromatic N) is 1. The van der Waals surface area contributed by atoms with Crippen LogP contribution in [-0.4, -0.2) is 16.4 Å². The van der Waals surface area contributed by atoms with Crippen molar-refractivity contribution in [1.29, 1.82) is 0 Å². The smallest absolute Gasteiger partial charge is 0.249 e. The van der Waals surface area contributed by atoms with Gasteiger partial charge in [0.05, 0.1) is 16.1 Å². The van der Waals surface area contributed by atoms with E-state index in [4.69, 9.17) is 23.1 Å². The maximum atomic E-state index is 12.0. The minimum Gasteiger partial charge on any atom is -0.366 e. The van der Waals surface area contributed by atoms with Gasteiger partial charge in [-0.1, -0.05) is 48.0 Å². The number of hydrogen-bond acceptors (Lipinski definition) is 2. The van der Waals surface area contributed by atoms with Gasteiger partial charge in [-0.2, -0.15) is 0 Å². The molecular formula is C21H16ClN3O2. The van der Waals surface area contributed by atoms with Crippen LogP contribution in [-0.2, 0) is 6.54 Å². The van der Waals surface area contributed by atoms with E-state index in [1.165, 1.54) is 0 Å². The predicted molar refractivity (Wildman–Crippen MR) is 107 cm³/mol. The monoisotopic (exact) mass is 377 g/mol. The van der Waals surface area contributed by atoms with Crippen molar-refractivity contribution in [3.05, 3.63) is 82.4 Å². The third-order valence-corrected chi connectivity index (χ3v) is 5.04. The molecule has 5 nitrogen and oxygen atoms in total. The molecule has 0 saturated heterocycles. The molecule has 0 aliphatic heterocycles. The van der Waals surface area contributed by atoms with Gasteiger partial charge in [0, 0.05) is 28.4 Å². The van der Waals surface area contributed by atoms with Gasteiger partial charge in [0.25, 0.3) is 0 Å². The number of carbonyl (C=O) groups is 2. The number of amides is 2. The fraction of sp³-hybridized carbons (Fsp3) is 0.0476. The molecule has 0 unspecified atom stereocenters. The lowest BCUT2D eigenvalue weighted by Gasteiger charge is -2.11. The molecule has 134 valence electrons. The zero-order valence-electron chi connectivity index (χ0n) is 14.3. The normalized spacial score (nSPS) is 11.1. The summed E-state index contributed by atoms with van der Waals surface area (Å²) in [7, 11) is 0. The van der Waals surface area contributed by atoms with Gasteiger partial charge in [-0.15, -0.1) is 0 Å². The predicted octanol–water partition coefficient (Wildman–Crippen LogP) is 3.69. The molecule has 0 atom stereocenters. The highest BCUT2D eigenvalue weighted by Crippen LogP contribution is 2.36. The number of benzene rings is 3. The molecule has 4 N–H and O–H groups in total. The molecule has 4 aromatic rings. The van der Waals surface area contributed by atoms with Gasteiger partial charge < -0.3 is 16.0 Å². The van der Waals surface area contributed by atoms with Crippen LogP contribution in [0.4, 0.5) is 0 Å². The van der Waals surface area contributed by atoms with Crippen molar-refractivity contribution in [2.45, 2.75) is 6.54 Å². The van der Waals surface area contributed by atoms with E-state index in [9.17, 15) is 9.59 Å². The SMILES string of the molecule is NC(=O)c1ccccc1Cn1c2cccc(C(N)=O)c2c2cccc(Cl)c21. The first-order valence-electron chi connectivity index (χ1n) is 8.36. The van der Waals surface area contributed by atoms with Crippen LogP contribution < -0.4 is 11.5 Å². The number of primary amides is 2. The van der Waals surface area contributed by atoms with E-state index in [1.807, 2.05) is 34.9 Å². The third kappa shape index (κ3) is 2.73. The Balaban J connectivity index is 2.07. The Hall–Kier alpha value is -3.31. The van der Waals surface area contributed by atoms with Gasteiger partial charge in [-0.25, -0.2) is 0 Å². The van der Waals surface area contributed by atoms with Crippen LogP contribution >= 0.6 is 11.6 Å². The lowest BCUT2D eigenvalue weighted by molar-refractivity contribution is 0.0992. The van der Waals surface area contributed by atoms with Crippen molar-refractivity contribution in [1.82, 2.24) is 4.57 Å². The van der Waals surface area contributed by atoms with Crippen LogP contribution in [0.25, 0.3) is 21.8 Å². The summed E-state index contributed by atoms with van der Waals surface area (Å²) in [6, 6.07) is 18.1. The fourth-order valence-electron chi connectivity index (χ4n) is 3.60. The Labute approximate surface area is 160 Å². The Morgan fingerprint density at radius 2 is 1.52 bits per heavy atom. The van der Waals surface area contributed by atoms with Crippen molar-refractivity contribution < 1.29 is 9.59 Å². The van der Waals surface area contributed by atoms with Crippen LogP contribution in [0.3, 0.4) is 0 Å². The second-order valence-corrected chi connectivity index (χ2v) is 6.71. The summed E-state index contributed by atoms with van der Waals surface area (Å²) in [5.41, 5.74) is 14.4. The zero-order chi connectivity index (χ0) is 19.1. The molecule has 4 rings (SSSR count). The first-order chi connectivity index (χ1) is 13.0. The van der Waals surface area contributed by atoms with Gasteiger partial charge in [0.2, 0.25) is 11.8 Å². The first kappa shape index (κ1) is 17.1. The van der Waals surface area contributed by atoms with E-state index in [-0.39, 0.29) is 0 Å². The molecule has 1 heterocycles. The van der Waals surface area contributed by atoms with E-state index in [0.29, 0.717) is 22.7 Å². The quantitative estimate of drug-likeness (QED) is 0.567. The largest absolute Gasteiger partial charge is 0.366 e. The Bertz CT molecular complexity index is 1230. The van der Waals surface area contributed by atoms with E-state index < -0.39 is 11.8 Å². The van der Waals surface area contributed by atoms with E-state index >= 15 is 0 Å². The van der Waals surface area contributed by atoms with E-state index in [1.54, 1.807) is 30.3 Å². The molecule has 1 aromatic heterocycles. The van der Waals surface area contributed by atoms with Crippen molar-refractivity contribution in [3.8, 4) is 0 Å². The van der Waals surface area contributed by atoms with E-state index in [2.05, 4.69) is 0 Å². The van der Waals surface area contributed by atoms with Crippen molar-refractivity contribution >= 4 is 45.2 Å². The Morgan fingerprint density at radius 3 is 2.26 bits per heavy atom. The van der Waals surface area contributed by atoms with Crippen molar-refractivity contribution in [2.24, 2.45) is 11.5 Å². The number of hydrogen-bond donors (Lipinski definition) is 2. The molecule has 3 aromatic carbocycles. The molecule has 0 radical (unpaired) electrons. The zero-order valence-corrected chi connectivity index (χ0v) is 15.0. The number of nitrogens with two attached hydrogens (primary N) is 2. The number of para-hydroxylation sites is 1. The van der Waals surface area contributed by atoms with Crippen LogP contribution in [0, 0.1) is 0 Å². The van der Waals surface area contributed by atoms with Gasteiger partial charge >= 0.3 is 0 Å². The minimum absolute atomic E-state index is 0.380. The lowest BCUT2D eigenvalue weighted by Crippen LogP contribution is -2.15. The van der Waals surface area contributed by atoms with Crippen molar-refractivity contribution in [2.75, 3.05) is 0 Å². The molecule has 0 aliphatic rings. The molecule has 27 heavy (non-hydrogen) atoms. The molecule has 0 aliphatic carbocycles. The highest BCUT2D eigenvalue weighted by molar-refractivity contribution is 6.37. The summed E-state index contributed by atoms with van der Waals surface area (Å²) in [5, 5.41) is 2.14. The maximum Gasteiger partial charge on any atom is 0.249 e. The summed E-state index contributed by atoms with van der Waals surface area (Å²) in [5.74, 6) is -0.993. The fourth-order valence-corrected chi connectivity index (χ4v) is 3.87. The molecule has 0 fully saturated rings. The molecule has 6 heteroatoms. The highest BCUT2D eigenvalue weighted by Gasteiger charge is 2.19. The Morgan fingerprint density at radius 1 is 0.852 bits per heavy atom. The summed E-state index contributed by atoms with van der Waals surface area (Å²) in [4.78, 5) is 23.8. The van der Waals surface area contributed by atoms with Gasteiger partial charge in [-0.3, -0.25) is 9.59 Å². The third-order valence-electron chi connectivity index (χ3n) is 4.74. The molecule has 2 amide bonds. The average Bonchev–Trinajstić information content (AvgIpc) is 2.97. The number of fused-ring (bicyclic) bond motifs is 3. The number of carbonyl (C=O) groups excluding carboxylic acids is 2. The highest BCUT2D eigenvalue weighted by atomic mass is 35.5. The summed E-state index contributed by atoms with van der Waals surface area (Å²) >= 11 is 6.51. The van der Waals surface area contributed by atoms with Crippen LogP contribution in [0.2, 0.25) is 5.02 Å². The maximum absolute atomic E-state index is 12.0. The Kier molecular flexibility index (Phi) is 4.09. The number of aromatic nitrogens is 1. The lowest BCUT2D eigenvalue weighted by atomic mass is 10.1. The molecule has 0 bridgehead atoms. The molecule has 0 saturated carbocycles. The van der Waals surface area contributed by atoms with Gasteiger partial charge in [0.15, 0.2) is 0 Å². The topological polar surface area (TPSA) is 91.1 Å². The molecule has 0 spiro atoms. The molecular weight excluding hydrogens is 362 g/mol. The minimum atomic E-state index is -0.503. The number of halogens is 1. The van der Waals surface area contributed by atoms with Gasteiger partial charge in [0.1, 0.15) is 0 Å². The second-order valence-electron chi connectivity index (χ2n) is 6.31. The first-order valence-corrected chi connectivity index (χ1v) is 8.73.